The number of aromatic amines is 1. The molecule has 0 bridgehead atoms. The monoisotopic (exact) mass is 437 g/mol. The molecule has 1 amide bonds. The van der Waals surface area contributed by atoms with E-state index >= 15 is 0 Å². The highest BCUT2D eigenvalue weighted by Crippen LogP contribution is 2.16. The summed E-state index contributed by atoms with van der Waals surface area (Å²) in [5.74, 6) is 0.186. The zero-order valence-corrected chi connectivity index (χ0v) is 18.0. The number of hydrogen-bond donors (Lipinski definition) is 2. The molecule has 0 aromatic carbocycles. The SMILES string of the molecule is CCN(CC)S(=O)(=O)c1ccc(=O)n(CC(=O)Nc2nc(N3CCCCC3)n[nH]2)c1. The van der Waals surface area contributed by atoms with Crippen molar-refractivity contribution in [3.63, 3.8) is 0 Å². The number of amides is 1. The normalized spacial score (nSPS) is 14.8. The molecule has 1 aliphatic heterocycles. The first kappa shape index (κ1) is 22.0. The highest BCUT2D eigenvalue weighted by molar-refractivity contribution is 7.89. The predicted molar refractivity (Wildman–Crippen MR) is 112 cm³/mol. The number of piperidine rings is 1. The van der Waals surface area contributed by atoms with Crippen LogP contribution in [-0.4, -0.2) is 64.6 Å². The molecule has 3 heterocycles. The van der Waals surface area contributed by atoms with Gasteiger partial charge in [0.2, 0.25) is 27.8 Å². The van der Waals surface area contributed by atoms with Crippen LogP contribution in [0.2, 0.25) is 0 Å². The minimum absolute atomic E-state index is 0.0364. The summed E-state index contributed by atoms with van der Waals surface area (Å²) < 4.78 is 27.7. The third kappa shape index (κ3) is 4.87. The number of nitrogens with zero attached hydrogens (tertiary/aromatic N) is 5. The summed E-state index contributed by atoms with van der Waals surface area (Å²) in [6.07, 6.45) is 4.52. The molecule has 1 aliphatic rings. The number of carbonyl (C=O) groups excluding carboxylic acids is 1. The lowest BCUT2D eigenvalue weighted by molar-refractivity contribution is -0.116. The summed E-state index contributed by atoms with van der Waals surface area (Å²) in [4.78, 5) is 30.8. The second-order valence-electron chi connectivity index (χ2n) is 7.00. The van der Waals surface area contributed by atoms with Crippen LogP contribution in [0.25, 0.3) is 0 Å². The van der Waals surface area contributed by atoms with Crippen molar-refractivity contribution >= 4 is 27.8 Å². The lowest BCUT2D eigenvalue weighted by Gasteiger charge is -2.24. The van der Waals surface area contributed by atoms with Crippen molar-refractivity contribution in [2.75, 3.05) is 36.4 Å². The Hall–Kier alpha value is -2.73. The van der Waals surface area contributed by atoms with Gasteiger partial charge in [-0.05, 0) is 25.3 Å². The van der Waals surface area contributed by atoms with Gasteiger partial charge in [0.1, 0.15) is 6.54 Å². The van der Waals surface area contributed by atoms with Gasteiger partial charge in [-0.1, -0.05) is 13.8 Å². The average Bonchev–Trinajstić information content (AvgIpc) is 3.19. The summed E-state index contributed by atoms with van der Waals surface area (Å²) in [6, 6.07) is 2.40. The zero-order chi connectivity index (χ0) is 21.7. The number of rotatable bonds is 8. The molecule has 30 heavy (non-hydrogen) atoms. The zero-order valence-electron chi connectivity index (χ0n) is 17.2. The molecule has 12 heteroatoms. The van der Waals surface area contributed by atoms with Crippen LogP contribution < -0.4 is 15.8 Å². The minimum atomic E-state index is -3.74. The average molecular weight is 438 g/mol. The Morgan fingerprint density at radius 1 is 1.20 bits per heavy atom. The lowest BCUT2D eigenvalue weighted by Crippen LogP contribution is -2.33. The molecule has 2 aromatic rings. The van der Waals surface area contributed by atoms with Gasteiger partial charge in [0.25, 0.3) is 5.56 Å². The van der Waals surface area contributed by atoms with E-state index in [9.17, 15) is 18.0 Å². The fraction of sp³-hybridized carbons (Fsp3) is 0.556. The van der Waals surface area contributed by atoms with Crippen LogP contribution in [0, 0.1) is 0 Å². The number of H-pyrrole nitrogens is 1. The third-order valence-corrected chi connectivity index (χ3v) is 7.02. The smallest absolute Gasteiger partial charge is 0.251 e. The molecule has 2 N–H and O–H groups in total. The van der Waals surface area contributed by atoms with Crippen LogP contribution in [-0.2, 0) is 21.4 Å². The summed E-state index contributed by atoms with van der Waals surface area (Å²) in [5.41, 5.74) is -0.477. The number of sulfonamides is 1. The lowest BCUT2D eigenvalue weighted by atomic mass is 10.1. The fourth-order valence-electron chi connectivity index (χ4n) is 3.37. The number of hydrogen-bond acceptors (Lipinski definition) is 7. The van der Waals surface area contributed by atoms with Crippen molar-refractivity contribution in [1.82, 2.24) is 24.1 Å². The van der Waals surface area contributed by atoms with Gasteiger partial charge in [0.15, 0.2) is 0 Å². The van der Waals surface area contributed by atoms with Gasteiger partial charge in [-0.3, -0.25) is 14.9 Å². The van der Waals surface area contributed by atoms with Crippen LogP contribution in [0.4, 0.5) is 11.9 Å². The minimum Gasteiger partial charge on any atom is -0.340 e. The van der Waals surface area contributed by atoms with Crippen LogP contribution in [0.15, 0.2) is 28.0 Å². The van der Waals surface area contributed by atoms with Gasteiger partial charge in [0, 0.05) is 38.4 Å². The molecular weight excluding hydrogens is 410 g/mol. The first-order valence-corrected chi connectivity index (χ1v) is 11.5. The largest absolute Gasteiger partial charge is 0.340 e. The van der Waals surface area contributed by atoms with Crippen LogP contribution in [0.1, 0.15) is 33.1 Å². The number of pyridine rings is 1. The van der Waals surface area contributed by atoms with E-state index in [2.05, 4.69) is 20.5 Å². The Morgan fingerprint density at radius 3 is 2.57 bits per heavy atom. The molecule has 0 saturated carbocycles. The van der Waals surface area contributed by atoms with E-state index in [1.54, 1.807) is 13.8 Å². The highest BCUT2D eigenvalue weighted by Gasteiger charge is 2.23. The third-order valence-electron chi connectivity index (χ3n) is 4.98. The van der Waals surface area contributed by atoms with Crippen molar-refractivity contribution in [3.8, 4) is 0 Å². The topological polar surface area (TPSA) is 133 Å². The van der Waals surface area contributed by atoms with Gasteiger partial charge in [-0.2, -0.15) is 9.29 Å². The van der Waals surface area contributed by atoms with Gasteiger partial charge >= 0.3 is 0 Å². The van der Waals surface area contributed by atoms with Crippen LogP contribution in [0.3, 0.4) is 0 Å². The molecule has 2 aromatic heterocycles. The number of carbonyl (C=O) groups is 1. The van der Waals surface area contributed by atoms with Gasteiger partial charge < -0.3 is 9.47 Å². The van der Waals surface area contributed by atoms with E-state index in [1.807, 2.05) is 4.90 Å². The van der Waals surface area contributed by atoms with E-state index in [1.165, 1.54) is 23.0 Å². The van der Waals surface area contributed by atoms with Crippen molar-refractivity contribution < 1.29 is 13.2 Å². The van der Waals surface area contributed by atoms with E-state index < -0.39 is 21.5 Å². The summed E-state index contributed by atoms with van der Waals surface area (Å²) in [7, 11) is -3.74. The predicted octanol–water partition coefficient (Wildman–Crippen LogP) is 0.626. The maximum Gasteiger partial charge on any atom is 0.251 e. The van der Waals surface area contributed by atoms with E-state index in [0.29, 0.717) is 19.0 Å². The van der Waals surface area contributed by atoms with E-state index in [-0.39, 0.29) is 17.4 Å². The Labute approximate surface area is 175 Å². The van der Waals surface area contributed by atoms with Crippen molar-refractivity contribution in [1.29, 1.82) is 0 Å². The molecule has 164 valence electrons. The maximum atomic E-state index is 12.7. The highest BCUT2D eigenvalue weighted by atomic mass is 32.2. The second kappa shape index (κ2) is 9.39. The number of anilines is 2. The maximum absolute atomic E-state index is 12.7. The Balaban J connectivity index is 1.71. The van der Waals surface area contributed by atoms with E-state index in [4.69, 9.17) is 0 Å². The van der Waals surface area contributed by atoms with Gasteiger partial charge in [-0.15, -0.1) is 5.10 Å². The van der Waals surface area contributed by atoms with Crippen molar-refractivity contribution in [2.45, 2.75) is 44.6 Å². The molecule has 0 radical (unpaired) electrons. The first-order valence-electron chi connectivity index (χ1n) is 10.0. The van der Waals surface area contributed by atoms with Crippen molar-refractivity contribution in [2.24, 2.45) is 0 Å². The van der Waals surface area contributed by atoms with Gasteiger partial charge in [0.05, 0.1) is 4.90 Å². The Bertz CT molecular complexity index is 1040. The molecule has 1 fully saturated rings. The summed E-state index contributed by atoms with van der Waals surface area (Å²) in [5, 5.41) is 9.37. The first-order chi connectivity index (χ1) is 14.3. The molecule has 3 rings (SSSR count). The van der Waals surface area contributed by atoms with Crippen LogP contribution >= 0.6 is 0 Å². The standard InChI is InChI=1S/C18H27N7O4S/c1-3-25(4-2)30(28,29)14-8-9-16(27)24(12-14)13-15(26)19-17-20-18(22-21-17)23-10-6-5-7-11-23/h8-9,12H,3-7,10-11,13H2,1-2H3,(H2,19,20,21,22,26). The number of nitrogens with one attached hydrogen (secondary N) is 2. The van der Waals surface area contributed by atoms with Crippen LogP contribution in [0.5, 0.6) is 0 Å². The fourth-order valence-corrected chi connectivity index (χ4v) is 4.85. The van der Waals surface area contributed by atoms with Gasteiger partial charge in [-0.25, -0.2) is 13.5 Å². The van der Waals surface area contributed by atoms with Crippen molar-refractivity contribution in [3.05, 3.63) is 28.7 Å². The molecule has 0 spiro atoms. The quantitative estimate of drug-likeness (QED) is 0.618. The summed E-state index contributed by atoms with van der Waals surface area (Å²) >= 11 is 0. The summed E-state index contributed by atoms with van der Waals surface area (Å²) in [6.45, 7) is 5.48. The molecule has 0 aliphatic carbocycles. The molecule has 1 saturated heterocycles. The van der Waals surface area contributed by atoms with E-state index in [0.717, 1.165) is 36.6 Å². The Kier molecular flexibility index (Phi) is 6.87. The second-order valence-corrected chi connectivity index (χ2v) is 8.94. The molecule has 0 unspecified atom stereocenters. The molecular formula is C18H27N7O4S. The Morgan fingerprint density at radius 2 is 1.90 bits per heavy atom. The molecule has 0 atom stereocenters. The number of aromatic nitrogens is 4. The molecule has 11 nitrogen and oxygen atoms in total.